The number of sulfonamides is 1. The van der Waals surface area contributed by atoms with E-state index in [0.29, 0.717) is 5.69 Å². The number of nitrogens with zero attached hydrogens (tertiary/aromatic N) is 3. The van der Waals surface area contributed by atoms with Crippen molar-refractivity contribution < 1.29 is 8.42 Å². The van der Waals surface area contributed by atoms with Crippen LogP contribution in [-0.4, -0.2) is 23.6 Å². The molecule has 0 saturated carbocycles. The number of thiazole rings is 1. The average Bonchev–Trinajstić information content (AvgIpc) is 2.75. The quantitative estimate of drug-likeness (QED) is 0.916. The molecule has 2 heterocycles. The third kappa shape index (κ3) is 2.20. The van der Waals surface area contributed by atoms with Crippen LogP contribution in [0.25, 0.3) is 0 Å². The lowest BCUT2D eigenvalue weighted by molar-refractivity contribution is 0.602. The van der Waals surface area contributed by atoms with Gasteiger partial charge in [0.2, 0.25) is 5.13 Å². The monoisotopic (exact) mass is 276 g/mol. The zero-order chi connectivity index (χ0) is 11.8. The van der Waals surface area contributed by atoms with Crippen molar-refractivity contribution in [3.8, 4) is 0 Å². The summed E-state index contributed by atoms with van der Waals surface area (Å²) in [7, 11) is -3.58. The van der Waals surface area contributed by atoms with Crippen LogP contribution < -0.4 is 4.72 Å². The van der Waals surface area contributed by atoms with Gasteiger partial charge in [0, 0.05) is 0 Å². The minimum atomic E-state index is -3.58. The molecule has 0 aliphatic heterocycles. The summed E-state index contributed by atoms with van der Waals surface area (Å²) in [6.45, 7) is 3.43. The van der Waals surface area contributed by atoms with E-state index in [1.54, 1.807) is 13.8 Å². The van der Waals surface area contributed by atoms with Crippen LogP contribution in [0.15, 0.2) is 9.72 Å². The fourth-order valence-electron chi connectivity index (χ4n) is 1.14. The topological polar surface area (TPSA) is 84.8 Å². The van der Waals surface area contributed by atoms with Gasteiger partial charge in [0.05, 0.1) is 10.7 Å². The zero-order valence-corrected chi connectivity index (χ0v) is 10.9. The molecule has 2 aromatic rings. The van der Waals surface area contributed by atoms with Crippen molar-refractivity contribution in [1.82, 2.24) is 15.2 Å². The predicted octanol–water partition coefficient (Wildman–Crippen LogP) is 1.41. The lowest BCUT2D eigenvalue weighted by Crippen LogP contribution is -2.12. The number of hydrogen-bond acceptors (Lipinski definition) is 7. The molecule has 0 atom stereocenters. The Hall–Kier alpha value is -1.06. The number of aromatic nitrogens is 3. The largest absolute Gasteiger partial charge is 0.275 e. The normalized spacial score (nSPS) is 11.6. The van der Waals surface area contributed by atoms with Gasteiger partial charge in [0.1, 0.15) is 5.51 Å². The van der Waals surface area contributed by atoms with Crippen molar-refractivity contribution in [3.05, 3.63) is 16.2 Å². The Morgan fingerprint density at radius 3 is 2.62 bits per heavy atom. The van der Waals surface area contributed by atoms with Crippen molar-refractivity contribution >= 4 is 37.8 Å². The van der Waals surface area contributed by atoms with E-state index in [0.717, 1.165) is 27.7 Å². The fourth-order valence-corrected chi connectivity index (χ4v) is 4.32. The van der Waals surface area contributed by atoms with E-state index >= 15 is 0 Å². The standard InChI is InChI=1S/C7H8N4O2S3/c1-4-6(15-5(2)9-4)16(12,13)11-7-10-8-3-14-7/h3H,1-2H3,(H,10,11). The molecule has 6 nitrogen and oxygen atoms in total. The van der Waals surface area contributed by atoms with Crippen molar-refractivity contribution in [2.45, 2.75) is 18.1 Å². The minimum Gasteiger partial charge on any atom is -0.252 e. The lowest BCUT2D eigenvalue weighted by atomic mass is 10.6. The Balaban J connectivity index is 2.36. The Labute approximate surface area is 100 Å². The van der Waals surface area contributed by atoms with Gasteiger partial charge >= 0.3 is 0 Å². The van der Waals surface area contributed by atoms with E-state index in [-0.39, 0.29) is 9.34 Å². The third-order valence-corrected chi connectivity index (χ3v) is 5.44. The minimum absolute atomic E-state index is 0.222. The molecular formula is C7H8N4O2S3. The van der Waals surface area contributed by atoms with Gasteiger partial charge in [-0.15, -0.1) is 21.5 Å². The number of rotatable bonds is 3. The molecule has 0 aliphatic rings. The van der Waals surface area contributed by atoms with E-state index in [4.69, 9.17) is 0 Å². The van der Waals surface area contributed by atoms with Crippen molar-refractivity contribution in [3.63, 3.8) is 0 Å². The second-order valence-corrected chi connectivity index (χ2v) is 6.87. The lowest BCUT2D eigenvalue weighted by Gasteiger charge is -2.01. The molecule has 0 radical (unpaired) electrons. The smallest absolute Gasteiger partial charge is 0.252 e. The van der Waals surface area contributed by atoms with Gasteiger partial charge in [-0.25, -0.2) is 13.4 Å². The maximum atomic E-state index is 11.9. The second kappa shape index (κ2) is 4.07. The summed E-state index contributed by atoms with van der Waals surface area (Å²) in [5.74, 6) is 0. The summed E-state index contributed by atoms with van der Waals surface area (Å²) in [6.07, 6.45) is 0. The van der Waals surface area contributed by atoms with Crippen LogP contribution in [0.3, 0.4) is 0 Å². The molecule has 16 heavy (non-hydrogen) atoms. The highest BCUT2D eigenvalue weighted by molar-refractivity contribution is 7.94. The molecule has 0 aromatic carbocycles. The predicted molar refractivity (Wildman–Crippen MR) is 62.3 cm³/mol. The third-order valence-electron chi connectivity index (χ3n) is 1.69. The maximum absolute atomic E-state index is 11.9. The molecule has 0 spiro atoms. The number of aryl methyl sites for hydroxylation is 2. The van der Waals surface area contributed by atoms with Crippen LogP contribution >= 0.6 is 22.7 Å². The van der Waals surface area contributed by atoms with Gasteiger partial charge in [-0.2, -0.15) is 0 Å². The van der Waals surface area contributed by atoms with Gasteiger partial charge in [0.15, 0.2) is 4.21 Å². The molecule has 1 N–H and O–H groups in total. The summed E-state index contributed by atoms with van der Waals surface area (Å²) in [5, 5.41) is 8.16. The molecule has 0 amide bonds. The number of nitrogens with one attached hydrogen (secondary N) is 1. The van der Waals surface area contributed by atoms with Crippen LogP contribution in [-0.2, 0) is 10.0 Å². The Morgan fingerprint density at radius 1 is 1.38 bits per heavy atom. The molecule has 0 saturated heterocycles. The highest BCUT2D eigenvalue weighted by atomic mass is 32.2. The fraction of sp³-hybridized carbons (Fsp3) is 0.286. The van der Waals surface area contributed by atoms with Gasteiger partial charge in [-0.05, 0) is 13.8 Å². The Morgan fingerprint density at radius 2 is 2.12 bits per heavy atom. The molecular weight excluding hydrogens is 268 g/mol. The molecule has 2 aromatic heterocycles. The molecule has 2 rings (SSSR count). The first kappa shape index (κ1) is 11.4. The summed E-state index contributed by atoms with van der Waals surface area (Å²) in [6, 6.07) is 0. The highest BCUT2D eigenvalue weighted by Gasteiger charge is 2.21. The molecule has 0 aliphatic carbocycles. The summed E-state index contributed by atoms with van der Waals surface area (Å²) in [5.41, 5.74) is 1.96. The summed E-state index contributed by atoms with van der Waals surface area (Å²) >= 11 is 2.27. The van der Waals surface area contributed by atoms with Crippen molar-refractivity contribution in [2.24, 2.45) is 0 Å². The van der Waals surface area contributed by atoms with E-state index in [2.05, 4.69) is 19.9 Å². The van der Waals surface area contributed by atoms with Gasteiger partial charge < -0.3 is 0 Å². The van der Waals surface area contributed by atoms with Crippen molar-refractivity contribution in [2.75, 3.05) is 4.72 Å². The highest BCUT2D eigenvalue weighted by Crippen LogP contribution is 2.25. The van der Waals surface area contributed by atoms with E-state index in [9.17, 15) is 8.42 Å². The summed E-state index contributed by atoms with van der Waals surface area (Å²) < 4.78 is 26.4. The molecule has 86 valence electrons. The van der Waals surface area contributed by atoms with Crippen LogP contribution in [0.2, 0.25) is 0 Å². The molecule has 9 heteroatoms. The van der Waals surface area contributed by atoms with Crippen LogP contribution in [0.1, 0.15) is 10.7 Å². The Bertz CT molecular complexity index is 587. The van der Waals surface area contributed by atoms with E-state index in [1.807, 2.05) is 0 Å². The SMILES string of the molecule is Cc1nc(C)c(S(=O)(=O)Nc2nncs2)s1. The summed E-state index contributed by atoms with van der Waals surface area (Å²) in [4.78, 5) is 4.07. The van der Waals surface area contributed by atoms with Gasteiger partial charge in [0.25, 0.3) is 10.0 Å². The van der Waals surface area contributed by atoms with Crippen LogP contribution in [0, 0.1) is 13.8 Å². The average molecular weight is 276 g/mol. The number of anilines is 1. The molecule has 0 bridgehead atoms. The first-order chi connectivity index (χ1) is 7.49. The molecule has 0 unspecified atom stereocenters. The van der Waals surface area contributed by atoms with Gasteiger partial charge in [-0.1, -0.05) is 11.3 Å². The van der Waals surface area contributed by atoms with Crippen LogP contribution in [0.5, 0.6) is 0 Å². The van der Waals surface area contributed by atoms with E-state index < -0.39 is 10.0 Å². The van der Waals surface area contributed by atoms with Crippen molar-refractivity contribution in [1.29, 1.82) is 0 Å². The van der Waals surface area contributed by atoms with Gasteiger partial charge in [-0.3, -0.25) is 4.72 Å². The van der Waals surface area contributed by atoms with E-state index in [1.165, 1.54) is 5.51 Å². The first-order valence-corrected chi connectivity index (χ1v) is 7.40. The second-order valence-electron chi connectivity index (χ2n) is 2.96. The maximum Gasteiger partial charge on any atom is 0.275 e. The number of hydrogen-bond donors (Lipinski definition) is 1. The first-order valence-electron chi connectivity index (χ1n) is 4.22. The molecule has 0 fully saturated rings. The van der Waals surface area contributed by atoms with Crippen LogP contribution in [0.4, 0.5) is 5.13 Å². The Kier molecular flexibility index (Phi) is 2.91. The zero-order valence-electron chi connectivity index (χ0n) is 8.46.